The van der Waals surface area contributed by atoms with Crippen LogP contribution in [0.5, 0.6) is 11.5 Å². The zero-order valence-electron chi connectivity index (χ0n) is 11.8. The second-order valence-corrected chi connectivity index (χ2v) is 4.26. The van der Waals surface area contributed by atoms with Gasteiger partial charge in [-0.2, -0.15) is 0 Å². The van der Waals surface area contributed by atoms with Crippen molar-refractivity contribution in [3.63, 3.8) is 0 Å². The Kier molecular flexibility index (Phi) is 4.56. The average molecular weight is 285 g/mol. The summed E-state index contributed by atoms with van der Waals surface area (Å²) in [6.07, 6.45) is 3.60. The van der Waals surface area contributed by atoms with E-state index in [4.69, 9.17) is 9.47 Å². The minimum absolute atomic E-state index is 0.0594. The number of non-ortho nitro benzene ring substituents is 1. The van der Waals surface area contributed by atoms with E-state index in [-0.39, 0.29) is 5.69 Å². The molecule has 0 aliphatic rings. The van der Waals surface area contributed by atoms with E-state index in [9.17, 15) is 10.1 Å². The first-order chi connectivity index (χ1) is 10.2. The van der Waals surface area contributed by atoms with E-state index in [0.29, 0.717) is 11.5 Å². The summed E-state index contributed by atoms with van der Waals surface area (Å²) >= 11 is 0. The third kappa shape index (κ3) is 3.39. The van der Waals surface area contributed by atoms with E-state index in [0.717, 1.165) is 11.1 Å². The van der Waals surface area contributed by atoms with Crippen LogP contribution in [0.4, 0.5) is 5.69 Å². The molecule has 0 radical (unpaired) electrons. The molecule has 2 aromatic carbocycles. The summed E-state index contributed by atoms with van der Waals surface area (Å²) in [6, 6.07) is 11.9. The van der Waals surface area contributed by atoms with E-state index >= 15 is 0 Å². The van der Waals surface area contributed by atoms with E-state index in [2.05, 4.69) is 0 Å². The van der Waals surface area contributed by atoms with Crippen LogP contribution in [0.2, 0.25) is 0 Å². The summed E-state index contributed by atoms with van der Waals surface area (Å²) in [5.41, 5.74) is 1.58. The standard InChI is InChI=1S/C16H15NO4/c1-20-15-7-4-8-16(21-2)14(15)10-9-12-5-3-6-13(11-12)17(18)19/h3-11H,1-2H3/b10-9+. The molecule has 0 amide bonds. The van der Waals surface area contributed by atoms with Crippen LogP contribution in [0.3, 0.4) is 0 Å². The first-order valence-electron chi connectivity index (χ1n) is 6.29. The fourth-order valence-corrected chi connectivity index (χ4v) is 1.97. The normalized spacial score (nSPS) is 10.6. The van der Waals surface area contributed by atoms with Crippen molar-refractivity contribution in [2.24, 2.45) is 0 Å². The Morgan fingerprint density at radius 1 is 1.00 bits per heavy atom. The zero-order valence-corrected chi connectivity index (χ0v) is 11.8. The Morgan fingerprint density at radius 2 is 1.62 bits per heavy atom. The van der Waals surface area contributed by atoms with Gasteiger partial charge in [-0.3, -0.25) is 10.1 Å². The third-order valence-corrected chi connectivity index (χ3v) is 2.99. The number of hydrogen-bond donors (Lipinski definition) is 0. The van der Waals surface area contributed by atoms with Crippen molar-refractivity contribution >= 4 is 17.8 Å². The molecule has 5 heteroatoms. The third-order valence-electron chi connectivity index (χ3n) is 2.99. The number of benzene rings is 2. The molecule has 0 unspecified atom stereocenters. The van der Waals surface area contributed by atoms with Crippen LogP contribution >= 0.6 is 0 Å². The lowest BCUT2D eigenvalue weighted by Gasteiger charge is -2.09. The molecule has 0 aliphatic heterocycles. The Hall–Kier alpha value is -2.82. The van der Waals surface area contributed by atoms with Gasteiger partial charge in [0, 0.05) is 12.1 Å². The summed E-state index contributed by atoms with van der Waals surface area (Å²) in [7, 11) is 3.17. The highest BCUT2D eigenvalue weighted by Gasteiger charge is 2.07. The van der Waals surface area contributed by atoms with Gasteiger partial charge in [-0.05, 0) is 23.8 Å². The second-order valence-electron chi connectivity index (χ2n) is 4.26. The predicted octanol–water partition coefficient (Wildman–Crippen LogP) is 3.78. The van der Waals surface area contributed by atoms with Gasteiger partial charge in [-0.15, -0.1) is 0 Å². The molecular formula is C16H15NO4. The molecule has 2 aromatic rings. The van der Waals surface area contributed by atoms with Crippen LogP contribution in [-0.2, 0) is 0 Å². The number of ether oxygens (including phenoxy) is 2. The smallest absolute Gasteiger partial charge is 0.270 e. The lowest BCUT2D eigenvalue weighted by Crippen LogP contribution is -1.92. The van der Waals surface area contributed by atoms with Gasteiger partial charge in [0.15, 0.2) is 0 Å². The Bertz CT molecular complexity index is 657. The van der Waals surface area contributed by atoms with Gasteiger partial charge in [0.2, 0.25) is 0 Å². The molecular weight excluding hydrogens is 270 g/mol. The number of nitro benzene ring substituents is 1. The Labute approximate surface area is 122 Å². The first-order valence-corrected chi connectivity index (χ1v) is 6.29. The van der Waals surface area contributed by atoms with E-state index in [1.807, 2.05) is 24.3 Å². The second kappa shape index (κ2) is 6.56. The van der Waals surface area contributed by atoms with Crippen molar-refractivity contribution in [3.8, 4) is 11.5 Å². The lowest BCUT2D eigenvalue weighted by atomic mass is 10.1. The van der Waals surface area contributed by atoms with Crippen LogP contribution in [-0.4, -0.2) is 19.1 Å². The quantitative estimate of drug-likeness (QED) is 0.476. The molecule has 5 nitrogen and oxygen atoms in total. The van der Waals surface area contributed by atoms with Gasteiger partial charge in [0.25, 0.3) is 5.69 Å². The van der Waals surface area contributed by atoms with Crippen molar-refractivity contribution in [2.45, 2.75) is 0 Å². The molecule has 0 bridgehead atoms. The molecule has 0 heterocycles. The maximum atomic E-state index is 10.8. The summed E-state index contributed by atoms with van der Waals surface area (Å²) in [4.78, 5) is 10.4. The SMILES string of the molecule is COc1cccc(OC)c1/C=C/c1cccc([N+](=O)[O-])c1. The van der Waals surface area contributed by atoms with Gasteiger partial charge < -0.3 is 9.47 Å². The zero-order chi connectivity index (χ0) is 15.2. The number of nitro groups is 1. The molecule has 0 aliphatic carbocycles. The number of methoxy groups -OCH3 is 2. The van der Waals surface area contributed by atoms with Gasteiger partial charge in [0.05, 0.1) is 24.7 Å². The molecule has 0 atom stereocenters. The highest BCUT2D eigenvalue weighted by Crippen LogP contribution is 2.30. The van der Waals surface area contributed by atoms with Gasteiger partial charge in [-0.1, -0.05) is 24.3 Å². The lowest BCUT2D eigenvalue weighted by molar-refractivity contribution is -0.384. The van der Waals surface area contributed by atoms with Crippen LogP contribution < -0.4 is 9.47 Å². The van der Waals surface area contributed by atoms with Crippen molar-refractivity contribution < 1.29 is 14.4 Å². The van der Waals surface area contributed by atoms with Crippen molar-refractivity contribution in [3.05, 3.63) is 63.7 Å². The van der Waals surface area contributed by atoms with Crippen molar-refractivity contribution in [1.82, 2.24) is 0 Å². The highest BCUT2D eigenvalue weighted by molar-refractivity contribution is 5.76. The molecule has 0 spiro atoms. The average Bonchev–Trinajstić information content (AvgIpc) is 2.52. The highest BCUT2D eigenvalue weighted by atomic mass is 16.6. The van der Waals surface area contributed by atoms with Crippen molar-refractivity contribution in [1.29, 1.82) is 0 Å². The number of hydrogen-bond acceptors (Lipinski definition) is 4. The summed E-state index contributed by atoms with van der Waals surface area (Å²) < 4.78 is 10.6. The Balaban J connectivity index is 2.37. The number of rotatable bonds is 5. The number of nitrogens with zero attached hydrogens (tertiary/aromatic N) is 1. The van der Waals surface area contributed by atoms with Gasteiger partial charge in [-0.25, -0.2) is 0 Å². The van der Waals surface area contributed by atoms with E-state index < -0.39 is 4.92 Å². The van der Waals surface area contributed by atoms with Crippen LogP contribution in [0, 0.1) is 10.1 Å². The van der Waals surface area contributed by atoms with Crippen molar-refractivity contribution in [2.75, 3.05) is 14.2 Å². The summed E-state index contributed by atoms with van der Waals surface area (Å²) in [5.74, 6) is 1.35. The predicted molar refractivity (Wildman–Crippen MR) is 81.6 cm³/mol. The topological polar surface area (TPSA) is 61.6 Å². The first kappa shape index (κ1) is 14.6. The van der Waals surface area contributed by atoms with Gasteiger partial charge in [0.1, 0.15) is 11.5 Å². The maximum absolute atomic E-state index is 10.8. The molecule has 0 N–H and O–H groups in total. The summed E-state index contributed by atoms with van der Waals surface area (Å²) in [5, 5.41) is 10.8. The largest absolute Gasteiger partial charge is 0.496 e. The van der Waals surface area contributed by atoms with Crippen LogP contribution in [0.15, 0.2) is 42.5 Å². The van der Waals surface area contributed by atoms with Crippen LogP contribution in [0.1, 0.15) is 11.1 Å². The minimum atomic E-state index is -0.416. The molecule has 0 saturated carbocycles. The fraction of sp³-hybridized carbons (Fsp3) is 0.125. The fourth-order valence-electron chi connectivity index (χ4n) is 1.97. The van der Waals surface area contributed by atoms with Crippen LogP contribution in [0.25, 0.3) is 12.2 Å². The Morgan fingerprint density at radius 3 is 2.19 bits per heavy atom. The molecule has 0 aromatic heterocycles. The summed E-state index contributed by atoms with van der Waals surface area (Å²) in [6.45, 7) is 0. The molecule has 108 valence electrons. The molecule has 2 rings (SSSR count). The molecule has 21 heavy (non-hydrogen) atoms. The van der Waals surface area contributed by atoms with Gasteiger partial charge >= 0.3 is 0 Å². The molecule has 0 fully saturated rings. The van der Waals surface area contributed by atoms with E-state index in [1.165, 1.54) is 12.1 Å². The minimum Gasteiger partial charge on any atom is -0.496 e. The maximum Gasteiger partial charge on any atom is 0.270 e. The molecule has 0 saturated heterocycles. The van der Waals surface area contributed by atoms with E-state index in [1.54, 1.807) is 32.4 Å². The monoisotopic (exact) mass is 285 g/mol.